The van der Waals surface area contributed by atoms with E-state index in [4.69, 9.17) is 0 Å². The number of rotatable bonds is 2. The van der Waals surface area contributed by atoms with E-state index in [2.05, 4.69) is 10.1 Å². The third-order valence-electron chi connectivity index (χ3n) is 2.81. The third kappa shape index (κ3) is 1.53. The van der Waals surface area contributed by atoms with Crippen LogP contribution in [0.4, 0.5) is 0 Å². The normalized spacial score (nSPS) is 32.8. The summed E-state index contributed by atoms with van der Waals surface area (Å²) in [5.74, 6) is -0.515. The van der Waals surface area contributed by atoms with Gasteiger partial charge in [0, 0.05) is 6.04 Å². The summed E-state index contributed by atoms with van der Waals surface area (Å²) in [6.07, 6.45) is 2.98. The summed E-state index contributed by atoms with van der Waals surface area (Å²) in [7, 11) is 1.32. The zero-order valence-electron chi connectivity index (χ0n) is 7.58. The van der Waals surface area contributed by atoms with Crippen LogP contribution in [0.3, 0.4) is 0 Å². The van der Waals surface area contributed by atoms with Crippen molar-refractivity contribution in [2.45, 2.75) is 25.3 Å². The van der Waals surface area contributed by atoms with Crippen LogP contribution in [0.1, 0.15) is 19.3 Å². The van der Waals surface area contributed by atoms with Gasteiger partial charge in [-0.1, -0.05) is 0 Å². The van der Waals surface area contributed by atoms with E-state index in [0.717, 1.165) is 0 Å². The Morgan fingerprint density at radius 3 is 2.77 bits per heavy atom. The predicted molar refractivity (Wildman–Crippen MR) is 44.8 cm³/mol. The van der Waals surface area contributed by atoms with E-state index >= 15 is 0 Å². The zero-order valence-corrected chi connectivity index (χ0v) is 7.58. The van der Waals surface area contributed by atoms with Gasteiger partial charge in [0.2, 0.25) is 5.91 Å². The quantitative estimate of drug-likeness (QED) is 0.487. The number of esters is 1. The van der Waals surface area contributed by atoms with E-state index in [0.29, 0.717) is 12.3 Å². The Balaban J connectivity index is 1.98. The van der Waals surface area contributed by atoms with Crippen LogP contribution in [0.15, 0.2) is 0 Å². The van der Waals surface area contributed by atoms with Crippen LogP contribution in [-0.2, 0) is 14.3 Å². The maximum Gasteiger partial charge on any atom is 0.318 e. The highest BCUT2D eigenvalue weighted by atomic mass is 16.5. The molecule has 1 amide bonds. The molecule has 0 aromatic carbocycles. The van der Waals surface area contributed by atoms with Gasteiger partial charge in [0.05, 0.1) is 7.11 Å². The molecule has 0 spiro atoms. The number of carbonyl (C=O) groups is 2. The molecule has 0 aromatic rings. The first kappa shape index (κ1) is 8.53. The molecule has 13 heavy (non-hydrogen) atoms. The van der Waals surface area contributed by atoms with E-state index in [1.807, 2.05) is 0 Å². The molecule has 1 saturated heterocycles. The smallest absolute Gasteiger partial charge is 0.318 e. The van der Waals surface area contributed by atoms with Gasteiger partial charge in [0.25, 0.3) is 0 Å². The Morgan fingerprint density at radius 2 is 2.23 bits per heavy atom. The van der Waals surface area contributed by atoms with Gasteiger partial charge in [-0.15, -0.1) is 0 Å². The lowest BCUT2D eigenvalue weighted by molar-refractivity contribution is -0.148. The number of methoxy groups -OCH3 is 1. The molecule has 1 aliphatic heterocycles. The fourth-order valence-electron chi connectivity index (χ4n) is 1.86. The zero-order chi connectivity index (χ0) is 9.42. The number of hydrogen-bond acceptors (Lipinski definition) is 3. The summed E-state index contributed by atoms with van der Waals surface area (Å²) in [6.45, 7) is 0. The van der Waals surface area contributed by atoms with E-state index < -0.39 is 11.9 Å². The molecule has 2 aliphatic rings. The lowest BCUT2D eigenvalue weighted by Crippen LogP contribution is -2.29. The highest BCUT2D eigenvalue weighted by molar-refractivity contribution is 5.99. The lowest BCUT2D eigenvalue weighted by atomic mass is 10.0. The van der Waals surface area contributed by atoms with Crippen molar-refractivity contribution < 1.29 is 14.3 Å². The van der Waals surface area contributed by atoms with Crippen molar-refractivity contribution in [3.05, 3.63) is 0 Å². The largest absolute Gasteiger partial charge is 0.468 e. The van der Waals surface area contributed by atoms with Gasteiger partial charge in [0.15, 0.2) is 0 Å². The Hall–Kier alpha value is -1.06. The second-order valence-electron chi connectivity index (χ2n) is 3.76. The maximum absolute atomic E-state index is 11.3. The topological polar surface area (TPSA) is 55.4 Å². The highest BCUT2D eigenvalue weighted by Crippen LogP contribution is 2.37. The minimum atomic E-state index is -0.560. The molecule has 2 fully saturated rings. The molecule has 2 unspecified atom stereocenters. The van der Waals surface area contributed by atoms with Crippen molar-refractivity contribution in [1.82, 2.24) is 5.32 Å². The van der Waals surface area contributed by atoms with Gasteiger partial charge in [-0.25, -0.2) is 0 Å². The molecule has 1 heterocycles. The first-order valence-electron chi connectivity index (χ1n) is 4.60. The Kier molecular flexibility index (Phi) is 1.98. The van der Waals surface area contributed by atoms with Crippen LogP contribution in [0.2, 0.25) is 0 Å². The van der Waals surface area contributed by atoms with Crippen LogP contribution in [0.5, 0.6) is 0 Å². The molecule has 0 bridgehead atoms. The summed E-state index contributed by atoms with van der Waals surface area (Å²) in [5, 5.41) is 2.84. The molecule has 2 atom stereocenters. The summed E-state index contributed by atoms with van der Waals surface area (Å²) < 4.78 is 4.55. The van der Waals surface area contributed by atoms with Crippen LogP contribution in [0.25, 0.3) is 0 Å². The molecule has 2 rings (SSSR count). The van der Waals surface area contributed by atoms with Crippen LogP contribution >= 0.6 is 0 Å². The number of ether oxygens (including phenoxy) is 1. The molecular weight excluding hydrogens is 170 g/mol. The maximum atomic E-state index is 11.3. The molecule has 1 aliphatic carbocycles. The van der Waals surface area contributed by atoms with E-state index in [1.54, 1.807) is 0 Å². The van der Waals surface area contributed by atoms with Crippen molar-refractivity contribution in [3.8, 4) is 0 Å². The molecule has 72 valence electrons. The standard InChI is InChI=1S/C9H13NO3/c1-13-9(12)6-4-7(5-2-3-5)10-8(6)11/h5-7H,2-4H2,1H3,(H,10,11). The Bertz CT molecular complexity index is 247. The molecule has 4 nitrogen and oxygen atoms in total. The number of nitrogens with one attached hydrogen (secondary N) is 1. The summed E-state index contributed by atoms with van der Waals surface area (Å²) in [4.78, 5) is 22.4. The van der Waals surface area contributed by atoms with Crippen molar-refractivity contribution in [2.75, 3.05) is 7.11 Å². The predicted octanol–water partition coefficient (Wildman–Crippen LogP) is 0.0741. The highest BCUT2D eigenvalue weighted by Gasteiger charge is 2.44. The number of hydrogen-bond donors (Lipinski definition) is 1. The average molecular weight is 183 g/mol. The van der Waals surface area contributed by atoms with Gasteiger partial charge in [-0.2, -0.15) is 0 Å². The van der Waals surface area contributed by atoms with Gasteiger partial charge in [-0.3, -0.25) is 9.59 Å². The molecule has 1 N–H and O–H groups in total. The summed E-state index contributed by atoms with van der Waals surface area (Å²) >= 11 is 0. The Labute approximate surface area is 76.6 Å². The third-order valence-corrected chi connectivity index (χ3v) is 2.81. The molecule has 1 saturated carbocycles. The van der Waals surface area contributed by atoms with Crippen LogP contribution < -0.4 is 5.32 Å². The van der Waals surface area contributed by atoms with E-state index in [1.165, 1.54) is 20.0 Å². The molecule has 0 radical (unpaired) electrons. The van der Waals surface area contributed by atoms with Gasteiger partial charge in [-0.05, 0) is 25.2 Å². The van der Waals surface area contributed by atoms with Crippen LogP contribution in [0, 0.1) is 11.8 Å². The first-order chi connectivity index (χ1) is 6.22. The SMILES string of the molecule is COC(=O)C1CC(C2CC2)NC1=O. The van der Waals surface area contributed by atoms with Crippen molar-refractivity contribution in [2.24, 2.45) is 11.8 Å². The summed E-state index contributed by atoms with van der Waals surface area (Å²) in [5.41, 5.74) is 0. The monoisotopic (exact) mass is 183 g/mol. The van der Waals surface area contributed by atoms with Gasteiger partial charge < -0.3 is 10.1 Å². The van der Waals surface area contributed by atoms with Gasteiger partial charge >= 0.3 is 5.97 Å². The average Bonchev–Trinajstić information content (AvgIpc) is 2.89. The second kappa shape index (κ2) is 3.01. The van der Waals surface area contributed by atoms with Crippen molar-refractivity contribution >= 4 is 11.9 Å². The van der Waals surface area contributed by atoms with Crippen molar-refractivity contribution in [1.29, 1.82) is 0 Å². The summed E-state index contributed by atoms with van der Waals surface area (Å²) in [6, 6.07) is 0.219. The van der Waals surface area contributed by atoms with E-state index in [-0.39, 0.29) is 11.9 Å². The minimum Gasteiger partial charge on any atom is -0.468 e. The molecule has 0 aromatic heterocycles. The second-order valence-corrected chi connectivity index (χ2v) is 3.76. The molecule has 4 heteroatoms. The van der Waals surface area contributed by atoms with Crippen molar-refractivity contribution in [3.63, 3.8) is 0 Å². The molecular formula is C9H13NO3. The van der Waals surface area contributed by atoms with Gasteiger partial charge in [0.1, 0.15) is 5.92 Å². The van der Waals surface area contributed by atoms with Crippen LogP contribution in [-0.4, -0.2) is 25.0 Å². The fourth-order valence-corrected chi connectivity index (χ4v) is 1.86. The Morgan fingerprint density at radius 1 is 1.54 bits per heavy atom. The van der Waals surface area contributed by atoms with E-state index in [9.17, 15) is 9.59 Å². The fraction of sp³-hybridized carbons (Fsp3) is 0.778. The number of carbonyl (C=O) groups excluding carboxylic acids is 2. The number of amides is 1. The lowest BCUT2D eigenvalue weighted by Gasteiger charge is -2.05. The first-order valence-corrected chi connectivity index (χ1v) is 4.60. The minimum absolute atomic E-state index is 0.163.